The van der Waals surface area contributed by atoms with E-state index < -0.39 is 0 Å². The smallest absolute Gasteiger partial charge is 0.266 e. The van der Waals surface area contributed by atoms with Crippen molar-refractivity contribution in [3.05, 3.63) is 76.7 Å². The summed E-state index contributed by atoms with van der Waals surface area (Å²) in [5.74, 6) is 1.60. The first kappa shape index (κ1) is 22.1. The molecular weight excluding hydrogens is 414 g/mol. The van der Waals surface area contributed by atoms with E-state index in [1.807, 2.05) is 36.4 Å². The van der Waals surface area contributed by atoms with Crippen molar-refractivity contribution in [2.24, 2.45) is 0 Å². The van der Waals surface area contributed by atoms with E-state index in [-0.39, 0.29) is 5.91 Å². The maximum absolute atomic E-state index is 12.4. The summed E-state index contributed by atoms with van der Waals surface area (Å²) < 4.78 is 12.1. The average molecular weight is 440 g/mol. The van der Waals surface area contributed by atoms with Gasteiger partial charge >= 0.3 is 0 Å². The van der Waals surface area contributed by atoms with Gasteiger partial charge in [0, 0.05) is 13.0 Å². The molecule has 0 radical (unpaired) electrons. The van der Waals surface area contributed by atoms with Gasteiger partial charge in [-0.15, -0.1) is 6.58 Å². The van der Waals surface area contributed by atoms with Crippen LogP contribution in [0.4, 0.5) is 0 Å². The van der Waals surface area contributed by atoms with Crippen LogP contribution in [-0.4, -0.2) is 34.9 Å². The van der Waals surface area contributed by atoms with Gasteiger partial charge in [0.2, 0.25) is 0 Å². The molecule has 6 heteroatoms. The Hall–Kier alpha value is -2.57. The molecule has 0 bridgehead atoms. The van der Waals surface area contributed by atoms with Crippen molar-refractivity contribution in [3.8, 4) is 11.5 Å². The highest BCUT2D eigenvalue weighted by molar-refractivity contribution is 8.26. The van der Waals surface area contributed by atoms with Crippen LogP contribution in [0, 0.1) is 13.8 Å². The summed E-state index contributed by atoms with van der Waals surface area (Å²) in [6.45, 7) is 9.45. The third kappa shape index (κ3) is 5.74. The van der Waals surface area contributed by atoms with Gasteiger partial charge in [0.25, 0.3) is 5.91 Å². The highest BCUT2D eigenvalue weighted by Gasteiger charge is 2.30. The lowest BCUT2D eigenvalue weighted by molar-refractivity contribution is -0.121. The van der Waals surface area contributed by atoms with Crippen molar-refractivity contribution in [2.75, 3.05) is 19.8 Å². The van der Waals surface area contributed by atoms with E-state index in [0.717, 1.165) is 23.5 Å². The highest BCUT2D eigenvalue weighted by Crippen LogP contribution is 2.32. The molecule has 1 amide bonds. The molecule has 1 aliphatic rings. The van der Waals surface area contributed by atoms with Crippen LogP contribution in [0.25, 0.3) is 6.08 Å². The van der Waals surface area contributed by atoms with Crippen molar-refractivity contribution in [1.82, 2.24) is 4.90 Å². The first-order valence-corrected chi connectivity index (χ1v) is 11.0. The molecule has 1 saturated heterocycles. The van der Waals surface area contributed by atoms with Crippen molar-refractivity contribution >= 4 is 40.3 Å². The lowest BCUT2D eigenvalue weighted by atomic mass is 10.1. The summed E-state index contributed by atoms with van der Waals surface area (Å²) in [4.78, 5) is 14.6. The van der Waals surface area contributed by atoms with Crippen LogP contribution in [0.15, 0.2) is 60.0 Å². The Kier molecular flexibility index (Phi) is 7.71. The molecule has 0 aromatic heterocycles. The van der Waals surface area contributed by atoms with Crippen molar-refractivity contribution in [1.29, 1.82) is 0 Å². The molecule has 1 aliphatic heterocycles. The molecule has 0 aliphatic carbocycles. The number of nitrogens with zero attached hydrogens (tertiary/aromatic N) is 1. The Morgan fingerprint density at radius 1 is 1.03 bits per heavy atom. The molecular formula is C24H25NO3S2. The third-order valence-corrected chi connectivity index (χ3v) is 6.05. The van der Waals surface area contributed by atoms with Crippen LogP contribution in [0.2, 0.25) is 0 Å². The van der Waals surface area contributed by atoms with Crippen molar-refractivity contribution < 1.29 is 14.3 Å². The molecule has 1 heterocycles. The lowest BCUT2D eigenvalue weighted by Crippen LogP contribution is -2.27. The number of thiocarbonyl (C=S) groups is 1. The van der Waals surface area contributed by atoms with Gasteiger partial charge in [-0.2, -0.15) is 0 Å². The Morgan fingerprint density at radius 3 is 2.37 bits per heavy atom. The minimum absolute atomic E-state index is 0.0750. The number of ether oxygens (including phenoxy) is 2. The van der Waals surface area contributed by atoms with E-state index >= 15 is 0 Å². The maximum atomic E-state index is 12.4. The second kappa shape index (κ2) is 10.5. The number of carbonyl (C=O) groups is 1. The fraction of sp³-hybridized carbons (Fsp3) is 0.250. The number of carbonyl (C=O) groups excluding carboxylic acids is 1. The summed E-state index contributed by atoms with van der Waals surface area (Å²) in [5, 5.41) is 0. The highest BCUT2D eigenvalue weighted by atomic mass is 32.2. The Balaban J connectivity index is 1.45. The second-order valence-electron chi connectivity index (χ2n) is 6.95. The second-order valence-corrected chi connectivity index (χ2v) is 8.62. The van der Waals surface area contributed by atoms with Crippen LogP contribution >= 0.6 is 24.0 Å². The van der Waals surface area contributed by atoms with Crippen LogP contribution in [-0.2, 0) is 4.79 Å². The molecule has 156 valence electrons. The Morgan fingerprint density at radius 2 is 1.70 bits per heavy atom. The molecule has 4 nitrogen and oxygen atoms in total. The Labute approximate surface area is 187 Å². The summed E-state index contributed by atoms with van der Waals surface area (Å²) in [6.07, 6.45) is 4.32. The first-order chi connectivity index (χ1) is 14.5. The van der Waals surface area contributed by atoms with Gasteiger partial charge in [0.05, 0.1) is 18.1 Å². The zero-order valence-electron chi connectivity index (χ0n) is 17.2. The summed E-state index contributed by atoms with van der Waals surface area (Å²) in [7, 11) is 0. The van der Waals surface area contributed by atoms with Crippen LogP contribution in [0.3, 0.4) is 0 Å². The minimum atomic E-state index is -0.0750. The molecule has 0 N–H and O–H groups in total. The Bertz CT molecular complexity index is 967. The molecule has 1 fully saturated rings. The van der Waals surface area contributed by atoms with Gasteiger partial charge in [-0.25, -0.2) is 0 Å². The van der Waals surface area contributed by atoms with Gasteiger partial charge in [-0.05, 0) is 60.9 Å². The monoisotopic (exact) mass is 439 g/mol. The largest absolute Gasteiger partial charge is 0.493 e. The number of rotatable bonds is 9. The van der Waals surface area contributed by atoms with E-state index in [9.17, 15) is 4.79 Å². The van der Waals surface area contributed by atoms with Gasteiger partial charge in [0.1, 0.15) is 15.8 Å². The number of amides is 1. The number of hydrogen-bond donors (Lipinski definition) is 0. The van der Waals surface area contributed by atoms with Gasteiger partial charge in [-0.1, -0.05) is 48.3 Å². The molecule has 0 spiro atoms. The molecule has 0 atom stereocenters. The van der Waals surface area contributed by atoms with Gasteiger partial charge < -0.3 is 9.47 Å². The molecule has 30 heavy (non-hydrogen) atoms. The zero-order valence-corrected chi connectivity index (χ0v) is 18.9. The maximum Gasteiger partial charge on any atom is 0.266 e. The third-order valence-electron chi connectivity index (χ3n) is 4.67. The van der Waals surface area contributed by atoms with E-state index in [4.69, 9.17) is 21.7 Å². The van der Waals surface area contributed by atoms with Crippen molar-refractivity contribution in [2.45, 2.75) is 20.3 Å². The first-order valence-electron chi connectivity index (χ1n) is 9.77. The molecule has 3 rings (SSSR count). The topological polar surface area (TPSA) is 38.8 Å². The molecule has 0 unspecified atom stereocenters. The fourth-order valence-corrected chi connectivity index (χ4v) is 4.12. The van der Waals surface area contributed by atoms with Gasteiger partial charge in [-0.3, -0.25) is 9.69 Å². The zero-order chi connectivity index (χ0) is 21.5. The standard InChI is InChI=1S/C24H25NO3S2/c1-4-12-25-23(26)22(30-24(25)29)16-19-7-10-20(11-8-19)27-13-5-14-28-21-9-6-17(2)18(3)15-21/h4,6-11,15-16H,1,5,12-14H2,2-3H3/b22-16-. The summed E-state index contributed by atoms with van der Waals surface area (Å²) >= 11 is 6.57. The molecule has 2 aromatic carbocycles. The minimum Gasteiger partial charge on any atom is -0.493 e. The number of hydrogen-bond acceptors (Lipinski definition) is 5. The number of thioether (sulfide) groups is 1. The predicted molar refractivity (Wildman–Crippen MR) is 128 cm³/mol. The average Bonchev–Trinajstić information content (AvgIpc) is 2.99. The predicted octanol–water partition coefficient (Wildman–Crippen LogP) is 5.54. The quantitative estimate of drug-likeness (QED) is 0.222. The van der Waals surface area contributed by atoms with Crippen LogP contribution in [0.1, 0.15) is 23.1 Å². The van der Waals surface area contributed by atoms with Crippen molar-refractivity contribution in [3.63, 3.8) is 0 Å². The SMILES string of the molecule is C=CCN1C(=O)/C(=C/c2ccc(OCCCOc3ccc(C)c(C)c3)cc2)SC1=S. The number of aryl methyl sites for hydroxylation is 2. The van der Waals surface area contributed by atoms with Gasteiger partial charge in [0.15, 0.2) is 0 Å². The summed E-state index contributed by atoms with van der Waals surface area (Å²) in [6, 6.07) is 13.8. The lowest BCUT2D eigenvalue weighted by Gasteiger charge is -2.10. The molecule has 2 aromatic rings. The van der Waals surface area contributed by atoms with E-state index in [1.54, 1.807) is 11.0 Å². The van der Waals surface area contributed by atoms with Crippen LogP contribution < -0.4 is 9.47 Å². The van der Waals surface area contributed by atoms with Crippen LogP contribution in [0.5, 0.6) is 11.5 Å². The number of benzene rings is 2. The normalized spacial score (nSPS) is 15.0. The fourth-order valence-electron chi connectivity index (χ4n) is 2.84. The van der Waals surface area contributed by atoms with E-state index in [2.05, 4.69) is 32.6 Å². The van der Waals surface area contributed by atoms with E-state index in [1.165, 1.54) is 22.9 Å². The van der Waals surface area contributed by atoms with E-state index in [0.29, 0.717) is 29.0 Å². The summed E-state index contributed by atoms with van der Waals surface area (Å²) in [5.41, 5.74) is 3.42. The molecule has 0 saturated carbocycles.